The van der Waals surface area contributed by atoms with Crippen molar-refractivity contribution in [2.45, 2.75) is 0 Å². The maximum Gasteiger partial charge on any atom is 0.270 e. The predicted octanol–water partition coefficient (Wildman–Crippen LogP) is 4.83. The molecule has 0 unspecified atom stereocenters. The van der Waals surface area contributed by atoms with Crippen molar-refractivity contribution in [1.82, 2.24) is 14.9 Å². The van der Waals surface area contributed by atoms with Gasteiger partial charge in [-0.05, 0) is 71.8 Å². The van der Waals surface area contributed by atoms with E-state index < -0.39 is 11.8 Å². The third-order valence-corrected chi connectivity index (χ3v) is 5.84. The molecule has 0 aliphatic carbocycles. The van der Waals surface area contributed by atoms with E-state index in [4.69, 9.17) is 17.0 Å². The lowest BCUT2D eigenvalue weighted by atomic mass is 10.0. The van der Waals surface area contributed by atoms with Crippen molar-refractivity contribution < 1.29 is 14.3 Å². The molecule has 0 radical (unpaired) electrons. The number of hydrogen-bond acceptors (Lipinski definition) is 7. The third-order valence-electron chi connectivity index (χ3n) is 5.05. The Labute approximate surface area is 204 Å². The summed E-state index contributed by atoms with van der Waals surface area (Å²) in [5.74, 6) is 0.274. The highest BCUT2D eigenvalue weighted by molar-refractivity contribution is 7.80. The van der Waals surface area contributed by atoms with Gasteiger partial charge in [0.1, 0.15) is 22.8 Å². The maximum atomic E-state index is 13.2. The van der Waals surface area contributed by atoms with Crippen molar-refractivity contribution >= 4 is 52.4 Å². The monoisotopic (exact) mass is 484 g/mol. The summed E-state index contributed by atoms with van der Waals surface area (Å²) < 4.78 is 9.66. The van der Waals surface area contributed by atoms with Gasteiger partial charge >= 0.3 is 0 Å². The summed E-state index contributed by atoms with van der Waals surface area (Å²) in [5.41, 5.74) is 2.88. The van der Waals surface area contributed by atoms with Gasteiger partial charge in [0, 0.05) is 10.9 Å². The molecule has 1 N–H and O–H groups in total. The van der Waals surface area contributed by atoms with Crippen LogP contribution in [0, 0.1) is 0 Å². The summed E-state index contributed by atoms with van der Waals surface area (Å²) in [4.78, 5) is 27.1. The average Bonchev–Trinajstić information content (AvgIpc) is 3.39. The topological polar surface area (TPSA) is 84.4 Å². The van der Waals surface area contributed by atoms with Crippen molar-refractivity contribution in [3.63, 3.8) is 0 Å². The first-order valence-corrected chi connectivity index (χ1v) is 11.4. The Balaban J connectivity index is 1.38. The second-order valence-corrected chi connectivity index (χ2v) is 8.28. The lowest BCUT2D eigenvalue weighted by Gasteiger charge is -2.29. The van der Waals surface area contributed by atoms with E-state index in [-0.39, 0.29) is 10.7 Å². The molecule has 34 heavy (non-hydrogen) atoms. The summed E-state index contributed by atoms with van der Waals surface area (Å²) in [6.45, 7) is 0. The number of anilines is 1. The molecule has 9 heteroatoms. The molecule has 0 saturated carbocycles. The van der Waals surface area contributed by atoms with Crippen LogP contribution in [0.1, 0.15) is 5.56 Å². The zero-order valence-electron chi connectivity index (χ0n) is 17.5. The summed E-state index contributed by atoms with van der Waals surface area (Å²) in [6.07, 6.45) is 1.54. The van der Waals surface area contributed by atoms with Crippen molar-refractivity contribution in [2.75, 3.05) is 4.90 Å². The number of nitrogens with one attached hydrogen (secondary N) is 1. The van der Waals surface area contributed by atoms with Gasteiger partial charge in [-0.3, -0.25) is 19.8 Å². The molecule has 2 amide bonds. The zero-order chi connectivity index (χ0) is 23.5. The van der Waals surface area contributed by atoms with E-state index in [9.17, 15) is 9.59 Å². The lowest BCUT2D eigenvalue weighted by Crippen LogP contribution is -2.54. The minimum Gasteiger partial charge on any atom is -0.457 e. The molecule has 166 valence electrons. The molecule has 7 nitrogen and oxygen atoms in total. The molecule has 1 fully saturated rings. The smallest absolute Gasteiger partial charge is 0.270 e. The first-order chi connectivity index (χ1) is 16.6. The number of nitrogens with zero attached hydrogens (tertiary/aromatic N) is 3. The van der Waals surface area contributed by atoms with Gasteiger partial charge in [0.25, 0.3) is 11.8 Å². The molecule has 3 aromatic carbocycles. The fraction of sp³-hybridized carbons (Fsp3) is 0. The Morgan fingerprint density at radius 3 is 2.29 bits per heavy atom. The minimum atomic E-state index is -0.539. The van der Waals surface area contributed by atoms with Gasteiger partial charge in [-0.25, -0.2) is 0 Å². The fourth-order valence-electron chi connectivity index (χ4n) is 3.39. The molecule has 0 bridgehead atoms. The number of benzene rings is 3. The second kappa shape index (κ2) is 9.34. The summed E-state index contributed by atoms with van der Waals surface area (Å²) >= 11 is 6.56. The normalized spacial score (nSPS) is 14.9. The number of carbonyl (C=O) groups is 2. The van der Waals surface area contributed by atoms with Crippen LogP contribution in [0.2, 0.25) is 0 Å². The molecular weight excluding hydrogens is 468 g/mol. The first kappa shape index (κ1) is 21.6. The highest BCUT2D eigenvalue weighted by Gasteiger charge is 2.34. The number of hydrogen-bond donors (Lipinski definition) is 1. The van der Waals surface area contributed by atoms with Crippen LogP contribution in [0.25, 0.3) is 17.3 Å². The highest BCUT2D eigenvalue weighted by Crippen LogP contribution is 2.27. The zero-order valence-corrected chi connectivity index (χ0v) is 19.2. The van der Waals surface area contributed by atoms with Gasteiger partial charge in [-0.1, -0.05) is 47.0 Å². The number of amides is 2. The number of rotatable bonds is 5. The van der Waals surface area contributed by atoms with Gasteiger partial charge in [0.15, 0.2) is 5.11 Å². The average molecular weight is 485 g/mol. The van der Waals surface area contributed by atoms with E-state index in [0.29, 0.717) is 22.7 Å². The Bertz CT molecular complexity index is 1380. The molecule has 0 spiro atoms. The Kier molecular flexibility index (Phi) is 5.94. The second-order valence-electron chi connectivity index (χ2n) is 7.28. The van der Waals surface area contributed by atoms with Crippen LogP contribution in [-0.2, 0) is 9.59 Å². The van der Waals surface area contributed by atoms with Crippen LogP contribution < -0.4 is 15.0 Å². The van der Waals surface area contributed by atoms with E-state index in [2.05, 4.69) is 14.9 Å². The van der Waals surface area contributed by atoms with E-state index in [1.54, 1.807) is 30.3 Å². The molecular formula is C25H16N4O3S2. The van der Waals surface area contributed by atoms with E-state index in [0.717, 1.165) is 11.3 Å². The number of para-hydroxylation sites is 1. The first-order valence-electron chi connectivity index (χ1n) is 10.2. The highest BCUT2D eigenvalue weighted by atomic mass is 32.1. The maximum absolute atomic E-state index is 13.2. The van der Waals surface area contributed by atoms with Gasteiger partial charge in [0.2, 0.25) is 0 Å². The van der Waals surface area contributed by atoms with E-state index in [1.165, 1.54) is 16.4 Å². The van der Waals surface area contributed by atoms with E-state index in [1.807, 2.05) is 60.0 Å². The largest absolute Gasteiger partial charge is 0.457 e. The van der Waals surface area contributed by atoms with Crippen LogP contribution in [-0.4, -0.2) is 26.5 Å². The molecule has 1 aliphatic heterocycles. The van der Waals surface area contributed by atoms with Gasteiger partial charge in [-0.15, -0.1) is 5.10 Å². The minimum absolute atomic E-state index is 0.0127. The molecule has 1 aliphatic rings. The predicted molar refractivity (Wildman–Crippen MR) is 135 cm³/mol. The molecule has 1 aromatic heterocycles. The van der Waals surface area contributed by atoms with Crippen LogP contribution in [0.4, 0.5) is 5.69 Å². The van der Waals surface area contributed by atoms with Gasteiger partial charge in [-0.2, -0.15) is 0 Å². The van der Waals surface area contributed by atoms with Crippen LogP contribution in [0.3, 0.4) is 0 Å². The summed E-state index contributed by atoms with van der Waals surface area (Å²) in [5, 5.41) is 8.51. The SMILES string of the molecule is O=C1NC(=S)N(c2ccc(Oc3ccccc3)cc2)C(=O)C1=Cc1ccc(-c2csnn2)cc1. The molecule has 1 saturated heterocycles. The quantitative estimate of drug-likeness (QED) is 0.248. The Morgan fingerprint density at radius 1 is 0.912 bits per heavy atom. The molecule has 4 aromatic rings. The van der Waals surface area contributed by atoms with Crippen LogP contribution in [0.5, 0.6) is 11.5 Å². The lowest BCUT2D eigenvalue weighted by molar-refractivity contribution is -0.122. The van der Waals surface area contributed by atoms with Crippen LogP contribution in [0.15, 0.2) is 89.8 Å². The van der Waals surface area contributed by atoms with Crippen molar-refractivity contribution in [3.8, 4) is 22.8 Å². The molecule has 0 atom stereocenters. The van der Waals surface area contributed by atoms with E-state index >= 15 is 0 Å². The number of carbonyl (C=O) groups excluding carboxylic acids is 2. The van der Waals surface area contributed by atoms with Crippen molar-refractivity contribution in [3.05, 3.63) is 95.4 Å². The van der Waals surface area contributed by atoms with Crippen molar-refractivity contribution in [1.29, 1.82) is 0 Å². The summed E-state index contributed by atoms with van der Waals surface area (Å²) in [7, 11) is 0. The van der Waals surface area contributed by atoms with Crippen molar-refractivity contribution in [2.24, 2.45) is 0 Å². The summed E-state index contributed by atoms with van der Waals surface area (Å²) in [6, 6.07) is 23.6. The molecule has 5 rings (SSSR count). The van der Waals surface area contributed by atoms with Gasteiger partial charge in [0.05, 0.1) is 5.69 Å². The fourth-order valence-corrected chi connectivity index (χ4v) is 4.13. The third kappa shape index (κ3) is 4.47. The molecule has 2 heterocycles. The number of thiocarbonyl (C=S) groups is 1. The standard InChI is InChI=1S/C25H16N4O3S2/c30-23-21(14-16-6-8-17(9-7-16)22-15-34-28-27-22)24(31)29(25(33)26-23)18-10-12-20(13-11-18)32-19-4-2-1-3-5-19/h1-15H,(H,26,30,33). The Hall–Kier alpha value is -4.21. The van der Waals surface area contributed by atoms with Crippen LogP contribution >= 0.6 is 23.8 Å². The number of aromatic nitrogens is 2. The van der Waals surface area contributed by atoms with Gasteiger partial charge < -0.3 is 4.74 Å². The Morgan fingerprint density at radius 2 is 1.62 bits per heavy atom. The number of ether oxygens (including phenoxy) is 1.